The zero-order valence-corrected chi connectivity index (χ0v) is 28.0. The zero-order valence-electron chi connectivity index (χ0n) is 28.0. The monoisotopic (exact) mass is 646 g/mol. The summed E-state index contributed by atoms with van der Waals surface area (Å²) in [5.74, 6) is 0.343. The lowest BCUT2D eigenvalue weighted by molar-refractivity contribution is -0.130. The molecule has 3 aromatic rings. The second-order valence-electron chi connectivity index (χ2n) is 12.0. The molecule has 9 heteroatoms. The summed E-state index contributed by atoms with van der Waals surface area (Å²) >= 11 is 0. The summed E-state index contributed by atoms with van der Waals surface area (Å²) in [4.78, 5) is 45.2. The standard InChI is InChI=1S/C39H42N4O5/c1-5-40(6-2)26-13-16-31-35(23-26)48-36-24-27(41(7-3)8-4)14-17-32(36)37(31)29-11-9-10-12-30(29)38(46)42-19-21-43(22-20-42)39(47)33-25-28(44)15-18-34(33)45/h9-18,23-25,46H,5-8,19-22H2,1-4H3. The Kier molecular flexibility index (Phi) is 9.39. The van der Waals surface area contributed by atoms with Gasteiger partial charge < -0.3 is 29.4 Å². The van der Waals surface area contributed by atoms with Gasteiger partial charge in [0, 0.05) is 104 Å². The van der Waals surface area contributed by atoms with Crippen molar-refractivity contribution >= 4 is 40.3 Å². The Morgan fingerprint density at radius 1 is 0.750 bits per heavy atom. The SMILES string of the molecule is CCN(CC)c1ccc2c(c1)Oc1cc(N(CC)CC)ccc1C2=c1ccccc1=C(O)N1CCN(C(=O)C2=CC(=O)C=CC2=O)CC1. The molecular weight excluding hydrogens is 604 g/mol. The van der Waals surface area contributed by atoms with Crippen molar-refractivity contribution in [2.45, 2.75) is 27.7 Å². The quantitative estimate of drug-likeness (QED) is 0.226. The van der Waals surface area contributed by atoms with E-state index in [2.05, 4.69) is 73.9 Å². The largest absolute Gasteiger partial charge is 0.494 e. The van der Waals surface area contributed by atoms with E-state index in [9.17, 15) is 19.5 Å². The van der Waals surface area contributed by atoms with E-state index in [1.165, 1.54) is 6.08 Å². The second kappa shape index (κ2) is 13.8. The fourth-order valence-electron chi connectivity index (χ4n) is 6.76. The maximum Gasteiger partial charge on any atom is 0.258 e. The highest BCUT2D eigenvalue weighted by molar-refractivity contribution is 6.30. The molecule has 0 aromatic heterocycles. The first kappa shape index (κ1) is 32.6. The smallest absolute Gasteiger partial charge is 0.258 e. The lowest BCUT2D eigenvalue weighted by Crippen LogP contribution is -2.50. The predicted octanol–water partition coefficient (Wildman–Crippen LogP) is 4.13. The van der Waals surface area contributed by atoms with E-state index in [0.717, 1.165) is 83.1 Å². The molecule has 6 rings (SSSR count). The molecule has 48 heavy (non-hydrogen) atoms. The zero-order chi connectivity index (χ0) is 33.9. The van der Waals surface area contributed by atoms with Gasteiger partial charge >= 0.3 is 0 Å². The fraction of sp³-hybridized carbons (Fsp3) is 0.308. The second-order valence-corrected chi connectivity index (χ2v) is 12.0. The van der Waals surface area contributed by atoms with E-state index in [0.29, 0.717) is 31.4 Å². The highest BCUT2D eigenvalue weighted by atomic mass is 16.5. The Hall–Kier alpha value is -5.31. The number of ketones is 2. The van der Waals surface area contributed by atoms with Crippen molar-refractivity contribution in [2.24, 2.45) is 0 Å². The molecule has 0 radical (unpaired) electrons. The minimum absolute atomic E-state index is 0.115. The van der Waals surface area contributed by atoms with Crippen LogP contribution in [0.5, 0.6) is 11.5 Å². The van der Waals surface area contributed by atoms with Gasteiger partial charge in [0.1, 0.15) is 11.5 Å². The van der Waals surface area contributed by atoms with Gasteiger partial charge in [-0.15, -0.1) is 0 Å². The molecule has 2 aliphatic heterocycles. The van der Waals surface area contributed by atoms with Crippen LogP contribution >= 0.6 is 0 Å². The Morgan fingerprint density at radius 2 is 1.29 bits per heavy atom. The average molecular weight is 647 g/mol. The predicted molar refractivity (Wildman–Crippen MR) is 189 cm³/mol. The Labute approximate surface area is 281 Å². The number of carbonyl (C=O) groups is 3. The van der Waals surface area contributed by atoms with Crippen LogP contribution < -0.4 is 25.0 Å². The Balaban J connectivity index is 1.44. The molecule has 1 N–H and O–H groups in total. The minimum atomic E-state index is -0.465. The number of aliphatic hydroxyl groups excluding tert-OH is 1. The number of allylic oxidation sites excluding steroid dienone is 3. The number of hydrogen-bond donors (Lipinski definition) is 1. The van der Waals surface area contributed by atoms with Crippen LogP contribution in [0.3, 0.4) is 0 Å². The minimum Gasteiger partial charge on any atom is -0.494 e. The molecule has 9 nitrogen and oxygen atoms in total. The Morgan fingerprint density at radius 3 is 1.85 bits per heavy atom. The summed E-state index contributed by atoms with van der Waals surface area (Å²) in [7, 11) is 0. The molecule has 0 saturated carbocycles. The molecular formula is C39H42N4O5. The summed E-state index contributed by atoms with van der Waals surface area (Å²) < 4.78 is 6.66. The molecule has 3 aromatic carbocycles. The number of amides is 1. The molecule has 3 aliphatic rings. The van der Waals surface area contributed by atoms with Crippen molar-refractivity contribution in [2.75, 3.05) is 62.2 Å². The number of hydrogen-bond acceptors (Lipinski definition) is 8. The van der Waals surface area contributed by atoms with Gasteiger partial charge in [0.05, 0.1) is 5.57 Å². The van der Waals surface area contributed by atoms with Gasteiger partial charge in [0.2, 0.25) is 0 Å². The topological polar surface area (TPSA) is 93.6 Å². The van der Waals surface area contributed by atoms with E-state index in [4.69, 9.17) is 4.74 Å². The van der Waals surface area contributed by atoms with Gasteiger partial charge in [-0.2, -0.15) is 0 Å². The number of aliphatic hydroxyl groups is 1. The van der Waals surface area contributed by atoms with Crippen LogP contribution in [0.25, 0.3) is 11.5 Å². The normalized spacial score (nSPS) is 16.2. The highest BCUT2D eigenvalue weighted by Gasteiger charge is 2.30. The number of fused-ring (bicyclic) bond motifs is 2. The molecule has 1 saturated heterocycles. The van der Waals surface area contributed by atoms with Crippen LogP contribution in [0.15, 0.2) is 84.5 Å². The van der Waals surface area contributed by atoms with Crippen molar-refractivity contribution in [1.82, 2.24) is 9.80 Å². The molecule has 248 valence electrons. The van der Waals surface area contributed by atoms with Crippen LogP contribution in [0.4, 0.5) is 11.4 Å². The maximum atomic E-state index is 13.1. The van der Waals surface area contributed by atoms with Gasteiger partial charge in [0.15, 0.2) is 17.4 Å². The molecule has 1 aliphatic carbocycles. The van der Waals surface area contributed by atoms with E-state index in [-0.39, 0.29) is 17.2 Å². The molecule has 0 atom stereocenters. The van der Waals surface area contributed by atoms with Gasteiger partial charge in [-0.05, 0) is 75.4 Å². The number of carbonyl (C=O) groups excluding carboxylic acids is 3. The maximum absolute atomic E-state index is 13.1. The van der Waals surface area contributed by atoms with Crippen LogP contribution in [0, 0.1) is 0 Å². The third kappa shape index (κ3) is 6.08. The molecule has 1 amide bonds. The lowest BCUT2D eigenvalue weighted by Gasteiger charge is -2.35. The third-order valence-electron chi connectivity index (χ3n) is 9.43. The molecule has 0 spiro atoms. The van der Waals surface area contributed by atoms with E-state index < -0.39 is 11.7 Å². The summed E-state index contributed by atoms with van der Waals surface area (Å²) in [5.41, 5.74) is 4.92. The van der Waals surface area contributed by atoms with Crippen molar-refractivity contribution in [3.63, 3.8) is 0 Å². The van der Waals surface area contributed by atoms with Crippen molar-refractivity contribution in [3.8, 4) is 11.5 Å². The highest BCUT2D eigenvalue weighted by Crippen LogP contribution is 2.45. The first-order chi connectivity index (χ1) is 23.3. The first-order valence-electron chi connectivity index (χ1n) is 16.8. The van der Waals surface area contributed by atoms with Crippen LogP contribution in [0.1, 0.15) is 38.8 Å². The van der Waals surface area contributed by atoms with Gasteiger partial charge in [0.25, 0.3) is 5.91 Å². The van der Waals surface area contributed by atoms with E-state index in [1.807, 2.05) is 29.2 Å². The van der Waals surface area contributed by atoms with Crippen LogP contribution in [-0.2, 0) is 14.4 Å². The number of piperazine rings is 1. The number of nitrogens with zero attached hydrogens (tertiary/aromatic N) is 4. The van der Waals surface area contributed by atoms with Gasteiger partial charge in [-0.1, -0.05) is 18.2 Å². The lowest BCUT2D eigenvalue weighted by atomic mass is 9.90. The molecule has 1 fully saturated rings. The summed E-state index contributed by atoms with van der Waals surface area (Å²) in [6, 6.07) is 20.5. The van der Waals surface area contributed by atoms with Gasteiger partial charge in [-0.3, -0.25) is 14.4 Å². The summed E-state index contributed by atoms with van der Waals surface area (Å²) in [5, 5.41) is 13.4. The van der Waals surface area contributed by atoms with Crippen molar-refractivity contribution in [3.05, 3.63) is 106 Å². The van der Waals surface area contributed by atoms with Gasteiger partial charge in [-0.25, -0.2) is 0 Å². The van der Waals surface area contributed by atoms with Crippen molar-refractivity contribution in [1.29, 1.82) is 0 Å². The molecule has 0 unspecified atom stereocenters. The summed E-state index contributed by atoms with van der Waals surface area (Å²) in [6.45, 7) is 13.4. The number of rotatable bonds is 8. The Bertz CT molecular complexity index is 1880. The van der Waals surface area contributed by atoms with Crippen LogP contribution in [-0.4, -0.2) is 84.7 Å². The molecule has 2 heterocycles. The number of benzene rings is 3. The van der Waals surface area contributed by atoms with E-state index in [1.54, 1.807) is 4.90 Å². The first-order valence-corrected chi connectivity index (χ1v) is 16.8. The fourth-order valence-corrected chi connectivity index (χ4v) is 6.76. The van der Waals surface area contributed by atoms with Crippen molar-refractivity contribution < 1.29 is 24.2 Å². The number of anilines is 2. The van der Waals surface area contributed by atoms with E-state index >= 15 is 0 Å². The van der Waals surface area contributed by atoms with Crippen LogP contribution in [0.2, 0.25) is 0 Å². The summed E-state index contributed by atoms with van der Waals surface area (Å²) in [6.07, 6.45) is 3.41. The number of ether oxygens (including phenoxy) is 1. The average Bonchev–Trinajstić information content (AvgIpc) is 3.12. The molecule has 0 bridgehead atoms. The third-order valence-corrected chi connectivity index (χ3v) is 9.43.